The van der Waals surface area contributed by atoms with E-state index in [1.54, 1.807) is 12.1 Å². The van der Waals surface area contributed by atoms with Gasteiger partial charge < -0.3 is 14.9 Å². The fourth-order valence-corrected chi connectivity index (χ4v) is 4.32. The first-order chi connectivity index (χ1) is 12.6. The van der Waals surface area contributed by atoms with Crippen LogP contribution in [-0.4, -0.2) is 42.1 Å². The third-order valence-corrected chi connectivity index (χ3v) is 6.32. The van der Waals surface area contributed by atoms with Crippen molar-refractivity contribution in [3.05, 3.63) is 58.6 Å². The van der Waals surface area contributed by atoms with Gasteiger partial charge in [-0.05, 0) is 54.8 Å². The van der Waals surface area contributed by atoms with E-state index in [2.05, 4.69) is 33.0 Å². The quantitative estimate of drug-likeness (QED) is 0.827. The van der Waals surface area contributed by atoms with E-state index in [9.17, 15) is 9.90 Å². The van der Waals surface area contributed by atoms with Crippen molar-refractivity contribution in [2.24, 2.45) is 0 Å². The predicted octanol–water partition coefficient (Wildman–Crippen LogP) is 3.93. The number of hydrogen-bond donors (Lipinski definition) is 1. The van der Waals surface area contributed by atoms with Crippen molar-refractivity contribution in [1.29, 1.82) is 0 Å². The second-order valence-corrected chi connectivity index (χ2v) is 8.15. The number of carbonyl (C=O) groups excluding carboxylic acids is 1. The minimum absolute atomic E-state index is 0.281. The van der Waals surface area contributed by atoms with Crippen LogP contribution in [0, 0.1) is 0 Å². The highest BCUT2D eigenvalue weighted by atomic mass is 79.9. The molecule has 1 N–H and O–H groups in total. The second kappa shape index (κ2) is 6.95. The number of carbonyl (C=O) groups is 1. The number of aromatic hydroxyl groups is 1. The Kier molecular flexibility index (Phi) is 4.65. The lowest BCUT2D eigenvalue weighted by Gasteiger charge is -2.46. The zero-order valence-electron chi connectivity index (χ0n) is 14.7. The van der Waals surface area contributed by atoms with Gasteiger partial charge in [-0.15, -0.1) is 0 Å². The molecule has 5 heteroatoms. The van der Waals surface area contributed by atoms with Gasteiger partial charge in [0.15, 0.2) is 0 Å². The topological polar surface area (TPSA) is 43.8 Å². The molecule has 136 valence electrons. The molecule has 1 aliphatic heterocycles. The highest BCUT2D eigenvalue weighted by Gasteiger charge is 2.47. The van der Waals surface area contributed by atoms with E-state index in [0.717, 1.165) is 61.2 Å². The lowest BCUT2D eigenvalue weighted by atomic mass is 9.63. The number of benzene rings is 2. The minimum atomic E-state index is -0.318. The summed E-state index contributed by atoms with van der Waals surface area (Å²) >= 11 is 3.48. The molecule has 0 spiro atoms. The van der Waals surface area contributed by atoms with Gasteiger partial charge in [0.05, 0.1) is 5.41 Å². The van der Waals surface area contributed by atoms with Crippen LogP contribution in [0.1, 0.15) is 24.8 Å². The first-order valence-electron chi connectivity index (χ1n) is 9.18. The van der Waals surface area contributed by atoms with Crippen LogP contribution >= 0.6 is 15.9 Å². The smallest absolute Gasteiger partial charge is 0.233 e. The van der Waals surface area contributed by atoms with Gasteiger partial charge in [0, 0.05) is 36.3 Å². The van der Waals surface area contributed by atoms with E-state index in [4.69, 9.17) is 0 Å². The van der Waals surface area contributed by atoms with Crippen LogP contribution in [-0.2, 0) is 10.2 Å². The molecule has 1 aliphatic carbocycles. The maximum Gasteiger partial charge on any atom is 0.233 e. The van der Waals surface area contributed by atoms with Crippen LogP contribution in [0.25, 0.3) is 0 Å². The zero-order chi connectivity index (χ0) is 18.1. The van der Waals surface area contributed by atoms with Crippen LogP contribution in [0.15, 0.2) is 53.0 Å². The summed E-state index contributed by atoms with van der Waals surface area (Å²) < 4.78 is 1.05. The molecule has 2 aromatic carbocycles. The van der Waals surface area contributed by atoms with E-state index in [0.29, 0.717) is 0 Å². The van der Waals surface area contributed by atoms with Crippen LogP contribution in [0.5, 0.6) is 5.75 Å². The van der Waals surface area contributed by atoms with Gasteiger partial charge in [-0.2, -0.15) is 0 Å². The van der Waals surface area contributed by atoms with Crippen LogP contribution in [0.3, 0.4) is 0 Å². The van der Waals surface area contributed by atoms with Crippen molar-refractivity contribution < 1.29 is 9.90 Å². The average molecular weight is 415 g/mol. The molecule has 2 aliphatic rings. The summed E-state index contributed by atoms with van der Waals surface area (Å²) in [4.78, 5) is 17.7. The summed E-state index contributed by atoms with van der Waals surface area (Å²) in [6, 6.07) is 15.5. The molecule has 1 amide bonds. The molecule has 0 atom stereocenters. The average Bonchev–Trinajstić information content (AvgIpc) is 2.63. The molecule has 0 aromatic heterocycles. The Morgan fingerprint density at radius 3 is 2.08 bits per heavy atom. The molecule has 26 heavy (non-hydrogen) atoms. The number of phenols is 1. The second-order valence-electron chi connectivity index (χ2n) is 7.24. The van der Waals surface area contributed by atoms with Gasteiger partial charge in [-0.1, -0.05) is 34.5 Å². The molecular weight excluding hydrogens is 392 g/mol. The highest BCUT2D eigenvalue weighted by molar-refractivity contribution is 9.10. The first-order valence-corrected chi connectivity index (χ1v) is 9.97. The number of phenolic OH excluding ortho intramolecular Hbond substituents is 1. The third-order valence-electron chi connectivity index (χ3n) is 5.80. The van der Waals surface area contributed by atoms with Crippen molar-refractivity contribution >= 4 is 27.5 Å². The van der Waals surface area contributed by atoms with Crippen molar-refractivity contribution in [2.75, 3.05) is 31.1 Å². The van der Waals surface area contributed by atoms with Gasteiger partial charge >= 0.3 is 0 Å². The number of anilines is 1. The van der Waals surface area contributed by atoms with Crippen molar-refractivity contribution in [3.63, 3.8) is 0 Å². The fourth-order valence-electron chi connectivity index (χ4n) is 4.06. The van der Waals surface area contributed by atoms with Crippen molar-refractivity contribution in [3.8, 4) is 5.75 Å². The summed E-state index contributed by atoms with van der Waals surface area (Å²) in [5, 5.41) is 9.44. The standard InChI is InChI=1S/C21H23BrN2O2/c22-17-4-2-16(3-5-17)21(10-1-11-21)20(26)24-14-12-23(13-15-24)18-6-8-19(25)9-7-18/h2-9,25H,1,10-15H2. The fraction of sp³-hybridized carbons (Fsp3) is 0.381. The summed E-state index contributed by atoms with van der Waals surface area (Å²) in [5.41, 5.74) is 1.93. The van der Waals surface area contributed by atoms with Crippen LogP contribution < -0.4 is 4.90 Å². The van der Waals surface area contributed by atoms with E-state index < -0.39 is 0 Å². The van der Waals surface area contributed by atoms with Crippen LogP contribution in [0.2, 0.25) is 0 Å². The number of amides is 1. The molecule has 1 heterocycles. The normalized spacial score (nSPS) is 19.1. The Balaban J connectivity index is 1.45. The molecule has 0 bridgehead atoms. The van der Waals surface area contributed by atoms with Crippen molar-refractivity contribution in [1.82, 2.24) is 4.90 Å². The summed E-state index contributed by atoms with van der Waals surface area (Å²) in [7, 11) is 0. The van der Waals surface area contributed by atoms with Crippen LogP contribution in [0.4, 0.5) is 5.69 Å². The molecule has 1 saturated heterocycles. The highest BCUT2D eigenvalue weighted by Crippen LogP contribution is 2.45. The molecule has 2 fully saturated rings. The van der Waals surface area contributed by atoms with Gasteiger partial charge in [-0.3, -0.25) is 4.79 Å². The van der Waals surface area contributed by atoms with Gasteiger partial charge in [-0.25, -0.2) is 0 Å². The molecule has 1 saturated carbocycles. The Bertz CT molecular complexity index is 777. The Morgan fingerprint density at radius 1 is 0.923 bits per heavy atom. The van der Waals surface area contributed by atoms with Gasteiger partial charge in [0.1, 0.15) is 5.75 Å². The molecule has 0 unspecified atom stereocenters. The largest absolute Gasteiger partial charge is 0.508 e. The van der Waals surface area contributed by atoms with Gasteiger partial charge in [0.2, 0.25) is 5.91 Å². The lowest BCUT2D eigenvalue weighted by Crippen LogP contribution is -2.56. The Labute approximate surface area is 162 Å². The molecule has 4 nitrogen and oxygen atoms in total. The minimum Gasteiger partial charge on any atom is -0.508 e. The molecular formula is C21H23BrN2O2. The lowest BCUT2D eigenvalue weighted by molar-refractivity contribution is -0.141. The first kappa shape index (κ1) is 17.4. The Hall–Kier alpha value is -2.01. The number of hydrogen-bond acceptors (Lipinski definition) is 3. The Morgan fingerprint density at radius 2 is 1.54 bits per heavy atom. The van der Waals surface area contributed by atoms with E-state index in [-0.39, 0.29) is 17.1 Å². The van der Waals surface area contributed by atoms with Gasteiger partial charge in [0.25, 0.3) is 0 Å². The van der Waals surface area contributed by atoms with E-state index in [1.807, 2.05) is 29.2 Å². The van der Waals surface area contributed by atoms with E-state index >= 15 is 0 Å². The third kappa shape index (κ3) is 3.09. The predicted molar refractivity (Wildman–Crippen MR) is 107 cm³/mol. The van der Waals surface area contributed by atoms with Crippen molar-refractivity contribution in [2.45, 2.75) is 24.7 Å². The maximum atomic E-state index is 13.3. The summed E-state index contributed by atoms with van der Waals surface area (Å²) in [5.74, 6) is 0.570. The SMILES string of the molecule is O=C(N1CCN(c2ccc(O)cc2)CC1)C1(c2ccc(Br)cc2)CCC1. The zero-order valence-corrected chi connectivity index (χ0v) is 16.3. The number of halogens is 1. The molecule has 0 radical (unpaired) electrons. The summed E-state index contributed by atoms with van der Waals surface area (Å²) in [6.07, 6.45) is 3.02. The molecule has 2 aromatic rings. The number of nitrogens with zero attached hydrogens (tertiary/aromatic N) is 2. The van der Waals surface area contributed by atoms with E-state index in [1.165, 1.54) is 0 Å². The molecule has 4 rings (SSSR count). The number of piperazine rings is 1. The summed E-state index contributed by atoms with van der Waals surface area (Å²) in [6.45, 7) is 3.15. The monoisotopic (exact) mass is 414 g/mol. The number of rotatable bonds is 3. The maximum absolute atomic E-state index is 13.3.